The van der Waals surface area contributed by atoms with Crippen LogP contribution in [-0.4, -0.2) is 6.10 Å². The highest BCUT2D eigenvalue weighted by molar-refractivity contribution is 9.12. The van der Waals surface area contributed by atoms with Crippen LogP contribution < -0.4 is 16.0 Å². The number of hydrogen-bond acceptors (Lipinski definition) is 4. The van der Waals surface area contributed by atoms with Crippen LogP contribution >= 0.6 is 43.2 Å². The SMILES string of the molecule is NNC(c1cccc(OC2CC2)c1)c1cc(Br)sc1Br. The van der Waals surface area contributed by atoms with E-state index in [0.717, 1.165) is 37.3 Å². The summed E-state index contributed by atoms with van der Waals surface area (Å²) in [4.78, 5) is 0. The number of ether oxygens (including phenoxy) is 1. The van der Waals surface area contributed by atoms with E-state index in [0.29, 0.717) is 6.10 Å². The normalized spacial score (nSPS) is 16.1. The largest absolute Gasteiger partial charge is 0.490 e. The van der Waals surface area contributed by atoms with Crippen molar-refractivity contribution in [2.24, 2.45) is 5.84 Å². The van der Waals surface area contributed by atoms with E-state index in [9.17, 15) is 0 Å². The summed E-state index contributed by atoms with van der Waals surface area (Å²) in [6.07, 6.45) is 2.72. The molecular weight excluding hydrogens is 404 g/mol. The van der Waals surface area contributed by atoms with Gasteiger partial charge >= 0.3 is 0 Å². The molecule has 1 aliphatic rings. The van der Waals surface area contributed by atoms with Gasteiger partial charge in [-0.2, -0.15) is 0 Å². The van der Waals surface area contributed by atoms with Crippen molar-refractivity contribution in [3.05, 3.63) is 49.0 Å². The van der Waals surface area contributed by atoms with Gasteiger partial charge < -0.3 is 4.74 Å². The van der Waals surface area contributed by atoms with Gasteiger partial charge in [-0.3, -0.25) is 5.84 Å². The first-order chi connectivity index (χ1) is 9.67. The molecule has 0 spiro atoms. The lowest BCUT2D eigenvalue weighted by Crippen LogP contribution is -2.28. The molecular formula is C14H14Br2N2OS. The molecule has 1 aromatic carbocycles. The lowest BCUT2D eigenvalue weighted by Gasteiger charge is -2.17. The summed E-state index contributed by atoms with van der Waals surface area (Å²) in [7, 11) is 0. The van der Waals surface area contributed by atoms with Crippen molar-refractivity contribution in [1.82, 2.24) is 5.43 Å². The fourth-order valence-corrected chi connectivity index (χ4v) is 4.96. The maximum atomic E-state index is 5.84. The molecule has 1 fully saturated rings. The number of benzene rings is 1. The fraction of sp³-hybridized carbons (Fsp3) is 0.286. The highest BCUT2D eigenvalue weighted by Crippen LogP contribution is 2.38. The third-order valence-electron chi connectivity index (χ3n) is 3.18. The summed E-state index contributed by atoms with van der Waals surface area (Å²) in [5, 5.41) is 0. The Kier molecular flexibility index (Phi) is 4.47. The Morgan fingerprint density at radius 1 is 1.30 bits per heavy atom. The zero-order valence-electron chi connectivity index (χ0n) is 10.6. The van der Waals surface area contributed by atoms with E-state index in [1.54, 1.807) is 11.3 Å². The summed E-state index contributed by atoms with van der Waals surface area (Å²) in [5.41, 5.74) is 5.10. The molecule has 1 heterocycles. The molecule has 3 rings (SSSR count). The van der Waals surface area contributed by atoms with Crippen molar-refractivity contribution in [1.29, 1.82) is 0 Å². The molecule has 6 heteroatoms. The highest BCUT2D eigenvalue weighted by Gasteiger charge is 2.24. The van der Waals surface area contributed by atoms with E-state index in [2.05, 4.69) is 55.5 Å². The molecule has 2 aromatic rings. The van der Waals surface area contributed by atoms with Gasteiger partial charge in [0.1, 0.15) is 5.75 Å². The van der Waals surface area contributed by atoms with Crippen LogP contribution in [0.15, 0.2) is 37.9 Å². The molecule has 106 valence electrons. The molecule has 0 aliphatic heterocycles. The Morgan fingerprint density at radius 2 is 2.10 bits per heavy atom. The highest BCUT2D eigenvalue weighted by atomic mass is 79.9. The molecule has 3 nitrogen and oxygen atoms in total. The molecule has 1 aliphatic carbocycles. The van der Waals surface area contributed by atoms with Crippen molar-refractivity contribution in [3.63, 3.8) is 0 Å². The number of thiophene rings is 1. The summed E-state index contributed by atoms with van der Waals surface area (Å²) >= 11 is 8.73. The van der Waals surface area contributed by atoms with Gasteiger partial charge in [-0.1, -0.05) is 12.1 Å². The van der Waals surface area contributed by atoms with Crippen molar-refractivity contribution in [2.45, 2.75) is 25.0 Å². The Labute approximate surface area is 138 Å². The maximum absolute atomic E-state index is 5.84. The minimum absolute atomic E-state index is 0.0605. The summed E-state index contributed by atoms with van der Waals surface area (Å²) in [6.45, 7) is 0. The van der Waals surface area contributed by atoms with E-state index in [1.165, 1.54) is 0 Å². The first-order valence-corrected chi connectivity index (χ1v) is 8.75. The number of nitrogens with two attached hydrogens (primary N) is 1. The molecule has 0 amide bonds. The molecule has 20 heavy (non-hydrogen) atoms. The van der Waals surface area contributed by atoms with E-state index in [4.69, 9.17) is 10.6 Å². The molecule has 0 bridgehead atoms. The van der Waals surface area contributed by atoms with E-state index in [1.807, 2.05) is 12.1 Å². The van der Waals surface area contributed by atoms with Crippen LogP contribution in [0.25, 0.3) is 0 Å². The topological polar surface area (TPSA) is 47.3 Å². The average Bonchev–Trinajstić information content (AvgIpc) is 3.16. The minimum Gasteiger partial charge on any atom is -0.490 e. The number of hydrogen-bond donors (Lipinski definition) is 2. The second-order valence-corrected chi connectivity index (χ2v) is 8.52. The second kappa shape index (κ2) is 6.15. The van der Waals surface area contributed by atoms with Gasteiger partial charge in [0.25, 0.3) is 0 Å². The molecule has 1 atom stereocenters. The number of halogens is 2. The van der Waals surface area contributed by atoms with Crippen molar-refractivity contribution in [2.75, 3.05) is 0 Å². The lowest BCUT2D eigenvalue weighted by atomic mass is 10.0. The van der Waals surface area contributed by atoms with Crippen LogP contribution in [0.3, 0.4) is 0 Å². The predicted molar refractivity (Wildman–Crippen MR) is 89.0 cm³/mol. The Balaban J connectivity index is 1.90. The summed E-state index contributed by atoms with van der Waals surface area (Å²) in [6, 6.07) is 10.1. The van der Waals surface area contributed by atoms with Gasteiger partial charge in [-0.15, -0.1) is 11.3 Å². The standard InChI is InChI=1S/C14H14Br2N2OS/c15-12-7-11(14(16)20-12)13(18-17)8-2-1-3-10(6-8)19-9-4-5-9/h1-3,6-7,9,13,18H,4-5,17H2. The van der Waals surface area contributed by atoms with Gasteiger partial charge in [-0.25, -0.2) is 5.43 Å². The Bertz CT molecular complexity index is 613. The molecule has 3 N–H and O–H groups in total. The molecule has 1 saturated carbocycles. The van der Waals surface area contributed by atoms with E-state index in [-0.39, 0.29) is 6.04 Å². The molecule has 0 saturated heterocycles. The van der Waals surface area contributed by atoms with E-state index >= 15 is 0 Å². The van der Waals surface area contributed by atoms with Crippen LogP contribution in [0, 0.1) is 0 Å². The first kappa shape index (κ1) is 14.5. The van der Waals surface area contributed by atoms with Gasteiger partial charge in [0.05, 0.1) is 19.7 Å². The summed E-state index contributed by atoms with van der Waals surface area (Å²) < 4.78 is 7.99. The molecule has 1 aromatic heterocycles. The van der Waals surface area contributed by atoms with Crippen LogP contribution in [0.2, 0.25) is 0 Å². The predicted octanol–water partition coefficient (Wildman–Crippen LogP) is 4.37. The third kappa shape index (κ3) is 3.26. The van der Waals surface area contributed by atoms with Gasteiger partial charge in [0.2, 0.25) is 0 Å². The van der Waals surface area contributed by atoms with Crippen LogP contribution in [-0.2, 0) is 0 Å². The van der Waals surface area contributed by atoms with Crippen molar-refractivity contribution >= 4 is 43.2 Å². The van der Waals surface area contributed by atoms with Crippen LogP contribution in [0.5, 0.6) is 5.75 Å². The zero-order chi connectivity index (χ0) is 14.1. The zero-order valence-corrected chi connectivity index (χ0v) is 14.6. The minimum atomic E-state index is -0.0605. The molecule has 1 unspecified atom stereocenters. The monoisotopic (exact) mass is 416 g/mol. The van der Waals surface area contributed by atoms with Crippen LogP contribution in [0.4, 0.5) is 0 Å². The quantitative estimate of drug-likeness (QED) is 0.560. The van der Waals surface area contributed by atoms with E-state index < -0.39 is 0 Å². The first-order valence-electron chi connectivity index (χ1n) is 6.35. The summed E-state index contributed by atoms with van der Waals surface area (Å²) in [5.74, 6) is 6.67. The van der Waals surface area contributed by atoms with Gasteiger partial charge in [0.15, 0.2) is 0 Å². The smallest absolute Gasteiger partial charge is 0.120 e. The number of hydrazine groups is 1. The molecule has 0 radical (unpaired) electrons. The Morgan fingerprint density at radius 3 is 2.70 bits per heavy atom. The van der Waals surface area contributed by atoms with Crippen molar-refractivity contribution in [3.8, 4) is 5.75 Å². The lowest BCUT2D eigenvalue weighted by molar-refractivity contribution is 0.302. The number of rotatable bonds is 5. The van der Waals surface area contributed by atoms with Gasteiger partial charge in [-0.05, 0) is 68.5 Å². The number of nitrogens with one attached hydrogen (secondary N) is 1. The average molecular weight is 418 g/mol. The Hall–Kier alpha value is -0.400. The second-order valence-electron chi connectivity index (χ2n) is 4.77. The van der Waals surface area contributed by atoms with Crippen molar-refractivity contribution < 1.29 is 4.74 Å². The maximum Gasteiger partial charge on any atom is 0.120 e. The fourth-order valence-electron chi connectivity index (χ4n) is 2.06. The van der Waals surface area contributed by atoms with Crippen LogP contribution in [0.1, 0.15) is 30.0 Å². The third-order valence-corrected chi connectivity index (χ3v) is 5.57. The van der Waals surface area contributed by atoms with Gasteiger partial charge in [0, 0.05) is 5.56 Å².